The third-order valence-electron chi connectivity index (χ3n) is 5.62. The van der Waals surface area contributed by atoms with Crippen molar-refractivity contribution in [2.24, 2.45) is 0 Å². The monoisotopic (exact) mass is 459 g/mol. The van der Waals surface area contributed by atoms with Crippen molar-refractivity contribution in [1.29, 1.82) is 0 Å². The van der Waals surface area contributed by atoms with Gasteiger partial charge >= 0.3 is 5.69 Å². The van der Waals surface area contributed by atoms with E-state index in [0.29, 0.717) is 5.75 Å². The van der Waals surface area contributed by atoms with Gasteiger partial charge in [-0.05, 0) is 55.2 Å². The molecule has 0 saturated heterocycles. The van der Waals surface area contributed by atoms with E-state index in [4.69, 9.17) is 33.7 Å². The first kappa shape index (κ1) is 19.7. The summed E-state index contributed by atoms with van der Waals surface area (Å²) in [5.74, 6) is 0.337. The van der Waals surface area contributed by atoms with Crippen LogP contribution < -0.4 is 27.0 Å². The first-order valence-electron chi connectivity index (χ1n) is 9.33. The fourth-order valence-corrected chi connectivity index (χ4v) is 4.50. The van der Waals surface area contributed by atoms with E-state index in [-0.39, 0.29) is 33.2 Å². The first-order chi connectivity index (χ1) is 14.7. The number of aromatic nitrogens is 3. The highest BCUT2D eigenvalue weighted by molar-refractivity contribution is 6.37. The standard InChI is InChI=1S/C20H15Cl2N5O4/c1-8-13(3-2-12-14(8)20(4-5-20)18(29)24-12)31-15-10(21)6-9(7-11(15)22)27-19(30)25-17(28)16(23)26-27/h2-3,6-7H,4-5H2,1H3,(H2,23,26)(H,24,29)(H,25,28,30). The van der Waals surface area contributed by atoms with Crippen molar-refractivity contribution in [3.05, 3.63) is 66.3 Å². The Bertz CT molecular complexity index is 1380. The van der Waals surface area contributed by atoms with E-state index in [0.717, 1.165) is 34.3 Å². The van der Waals surface area contributed by atoms with Crippen LogP contribution in [0.5, 0.6) is 11.5 Å². The fraction of sp³-hybridized carbons (Fsp3) is 0.200. The van der Waals surface area contributed by atoms with Gasteiger partial charge in [0.25, 0.3) is 5.56 Å². The number of ether oxygens (including phenoxy) is 1. The van der Waals surface area contributed by atoms with Crippen LogP contribution in [0.2, 0.25) is 10.0 Å². The molecule has 1 aliphatic carbocycles. The van der Waals surface area contributed by atoms with Crippen molar-refractivity contribution in [3.8, 4) is 17.2 Å². The lowest BCUT2D eigenvalue weighted by Crippen LogP contribution is -2.33. The van der Waals surface area contributed by atoms with Gasteiger partial charge in [-0.15, -0.1) is 5.10 Å². The molecular formula is C20H15Cl2N5O4. The number of nitrogen functional groups attached to an aromatic ring is 1. The molecule has 1 aliphatic heterocycles. The second-order valence-corrected chi connectivity index (χ2v) is 8.36. The Balaban J connectivity index is 1.55. The maximum absolute atomic E-state index is 12.3. The number of nitrogens with two attached hydrogens (primary N) is 1. The van der Waals surface area contributed by atoms with Crippen molar-refractivity contribution >= 4 is 40.6 Å². The Morgan fingerprint density at radius 3 is 2.48 bits per heavy atom. The quantitative estimate of drug-likeness (QED) is 0.551. The number of fused-ring (bicyclic) bond motifs is 2. The Labute approximate surface area is 184 Å². The number of hydrogen-bond donors (Lipinski definition) is 3. The zero-order chi connectivity index (χ0) is 22.1. The summed E-state index contributed by atoms with van der Waals surface area (Å²) in [6.45, 7) is 1.89. The number of nitrogens with one attached hydrogen (secondary N) is 2. The van der Waals surface area contributed by atoms with Crippen molar-refractivity contribution in [3.63, 3.8) is 0 Å². The minimum atomic E-state index is -0.790. The van der Waals surface area contributed by atoms with E-state index < -0.39 is 16.7 Å². The van der Waals surface area contributed by atoms with E-state index in [2.05, 4.69) is 15.4 Å². The molecule has 158 valence electrons. The zero-order valence-electron chi connectivity index (χ0n) is 16.1. The molecule has 3 aromatic rings. The number of hydrogen-bond acceptors (Lipinski definition) is 6. The van der Waals surface area contributed by atoms with E-state index in [1.807, 2.05) is 6.92 Å². The van der Waals surface area contributed by atoms with Crippen molar-refractivity contribution in [1.82, 2.24) is 14.8 Å². The maximum atomic E-state index is 12.3. The van der Waals surface area contributed by atoms with Gasteiger partial charge in [-0.1, -0.05) is 23.2 Å². The third-order valence-corrected chi connectivity index (χ3v) is 6.18. The van der Waals surface area contributed by atoms with Crippen LogP contribution >= 0.6 is 23.2 Å². The van der Waals surface area contributed by atoms with Gasteiger partial charge in [-0.3, -0.25) is 14.6 Å². The van der Waals surface area contributed by atoms with Gasteiger partial charge < -0.3 is 15.8 Å². The van der Waals surface area contributed by atoms with Gasteiger partial charge in [-0.25, -0.2) is 4.79 Å². The van der Waals surface area contributed by atoms with Gasteiger partial charge in [0, 0.05) is 5.69 Å². The molecule has 1 saturated carbocycles. The molecule has 2 aliphatic rings. The molecule has 11 heteroatoms. The van der Waals surface area contributed by atoms with E-state index in [1.54, 1.807) is 12.1 Å². The average Bonchev–Trinajstić information content (AvgIpc) is 3.45. The van der Waals surface area contributed by atoms with Gasteiger partial charge in [0.2, 0.25) is 11.7 Å². The number of rotatable bonds is 3. The molecule has 1 aromatic heterocycles. The molecule has 9 nitrogen and oxygen atoms in total. The molecule has 0 atom stereocenters. The second-order valence-electron chi connectivity index (χ2n) is 7.54. The third kappa shape index (κ3) is 2.92. The maximum Gasteiger partial charge on any atom is 0.349 e. The molecule has 0 radical (unpaired) electrons. The number of anilines is 2. The first-order valence-corrected chi connectivity index (χ1v) is 10.1. The van der Waals surface area contributed by atoms with Crippen LogP contribution in [0.15, 0.2) is 33.9 Å². The molecule has 2 heterocycles. The molecule has 1 fully saturated rings. The minimum absolute atomic E-state index is 0.0151. The number of amides is 1. The topological polar surface area (TPSA) is 132 Å². The van der Waals surface area contributed by atoms with Crippen LogP contribution in [0.25, 0.3) is 5.69 Å². The highest BCUT2D eigenvalue weighted by Gasteiger charge is 2.57. The van der Waals surface area contributed by atoms with Crippen LogP contribution in [-0.4, -0.2) is 20.7 Å². The SMILES string of the molecule is Cc1c(Oc2c(Cl)cc(-n3nc(N)c(=O)[nH]c3=O)cc2Cl)ccc2c1C1(CC1)C(=O)N2. The number of carbonyl (C=O) groups is 1. The number of halogens is 2. The number of H-pyrrole nitrogens is 1. The van der Waals surface area contributed by atoms with Crippen molar-refractivity contribution in [2.45, 2.75) is 25.2 Å². The summed E-state index contributed by atoms with van der Waals surface area (Å²) in [4.78, 5) is 37.9. The molecule has 0 bridgehead atoms. The highest BCUT2D eigenvalue weighted by Crippen LogP contribution is 2.57. The predicted octanol–water partition coefficient (Wildman–Crippen LogP) is 2.89. The van der Waals surface area contributed by atoms with Gasteiger partial charge in [0.15, 0.2) is 5.75 Å². The summed E-state index contributed by atoms with van der Waals surface area (Å²) < 4.78 is 6.91. The molecule has 31 heavy (non-hydrogen) atoms. The highest BCUT2D eigenvalue weighted by atomic mass is 35.5. The second kappa shape index (κ2) is 6.60. The average molecular weight is 460 g/mol. The molecule has 5 rings (SSSR count). The van der Waals surface area contributed by atoms with Gasteiger partial charge in [0.05, 0.1) is 21.1 Å². The Kier molecular flexibility index (Phi) is 4.18. The molecule has 0 unspecified atom stereocenters. The lowest BCUT2D eigenvalue weighted by Gasteiger charge is -2.16. The number of benzene rings is 2. The van der Waals surface area contributed by atoms with Crippen molar-refractivity contribution in [2.75, 3.05) is 11.1 Å². The molecule has 4 N–H and O–H groups in total. The van der Waals surface area contributed by atoms with E-state index in [1.165, 1.54) is 12.1 Å². The van der Waals surface area contributed by atoms with Crippen LogP contribution in [-0.2, 0) is 10.2 Å². The number of carbonyl (C=O) groups excluding carboxylic acids is 1. The molecule has 1 amide bonds. The van der Waals surface area contributed by atoms with Crippen LogP contribution in [0.3, 0.4) is 0 Å². The van der Waals surface area contributed by atoms with Crippen LogP contribution in [0.4, 0.5) is 11.5 Å². The van der Waals surface area contributed by atoms with Gasteiger partial charge in [0.1, 0.15) is 5.75 Å². The normalized spacial score (nSPS) is 15.6. The fourth-order valence-electron chi connectivity index (χ4n) is 3.95. The van der Waals surface area contributed by atoms with Crippen molar-refractivity contribution < 1.29 is 9.53 Å². The Morgan fingerprint density at radius 2 is 1.84 bits per heavy atom. The summed E-state index contributed by atoms with van der Waals surface area (Å²) in [5, 5.41) is 6.93. The summed E-state index contributed by atoms with van der Waals surface area (Å²) >= 11 is 12.8. The van der Waals surface area contributed by atoms with E-state index in [9.17, 15) is 14.4 Å². The minimum Gasteiger partial charge on any atom is -0.454 e. The predicted molar refractivity (Wildman–Crippen MR) is 116 cm³/mol. The molecular weight excluding hydrogens is 445 g/mol. The summed E-state index contributed by atoms with van der Waals surface area (Å²) in [7, 11) is 0. The summed E-state index contributed by atoms with van der Waals surface area (Å²) in [5.41, 5.74) is 6.22. The lowest BCUT2D eigenvalue weighted by molar-refractivity contribution is -0.117. The summed E-state index contributed by atoms with van der Waals surface area (Å²) in [6, 6.07) is 6.38. The zero-order valence-corrected chi connectivity index (χ0v) is 17.6. The number of aromatic amines is 1. The largest absolute Gasteiger partial charge is 0.454 e. The van der Waals surface area contributed by atoms with Gasteiger partial charge in [-0.2, -0.15) is 4.68 Å². The lowest BCUT2D eigenvalue weighted by atomic mass is 9.93. The van der Waals surface area contributed by atoms with E-state index >= 15 is 0 Å². The number of nitrogens with zero attached hydrogens (tertiary/aromatic N) is 2. The van der Waals surface area contributed by atoms with Crippen LogP contribution in [0.1, 0.15) is 24.0 Å². The summed E-state index contributed by atoms with van der Waals surface area (Å²) in [6.07, 6.45) is 1.60. The smallest absolute Gasteiger partial charge is 0.349 e. The Hall–Kier alpha value is -3.30. The molecule has 2 aromatic carbocycles. The van der Waals surface area contributed by atoms with Crippen LogP contribution in [0, 0.1) is 6.92 Å². The molecule has 1 spiro atoms. The Morgan fingerprint density at radius 1 is 1.16 bits per heavy atom.